The number of piperidine rings is 1. The molecule has 1 aromatic rings. The molecule has 2 N–H and O–H groups in total. The van der Waals surface area contributed by atoms with E-state index in [1.165, 1.54) is 48.9 Å². The molecule has 1 saturated heterocycles. The van der Waals surface area contributed by atoms with Crippen LogP contribution in [0.1, 0.15) is 55.3 Å². The van der Waals surface area contributed by atoms with Crippen LogP contribution in [0.15, 0.2) is 18.2 Å². The van der Waals surface area contributed by atoms with E-state index in [2.05, 4.69) is 43.9 Å². The maximum Gasteiger partial charge on any atom is 0.0473 e. The van der Waals surface area contributed by atoms with Gasteiger partial charge in [-0.25, -0.2) is 0 Å². The van der Waals surface area contributed by atoms with Gasteiger partial charge in [-0.2, -0.15) is 0 Å². The molecule has 2 nitrogen and oxygen atoms in total. The molecule has 1 heterocycles. The Morgan fingerprint density at radius 3 is 2.68 bits per heavy atom. The minimum absolute atomic E-state index is 0.393. The van der Waals surface area contributed by atoms with E-state index in [4.69, 9.17) is 5.73 Å². The predicted octanol–water partition coefficient (Wildman–Crippen LogP) is 3.57. The largest absolute Gasteiger partial charge is 0.329 e. The standard InChI is InChI=1S/C17H28N2/c1-4-16-7-5-6-10-19(16)17(12-18)15-9-8-13(2)14(3)11-15/h8-9,11,16-17H,4-7,10,12,18H2,1-3H3. The summed E-state index contributed by atoms with van der Waals surface area (Å²) in [6.45, 7) is 8.59. The maximum absolute atomic E-state index is 6.10. The third-order valence-corrected chi connectivity index (χ3v) is 4.68. The van der Waals surface area contributed by atoms with Gasteiger partial charge in [0.15, 0.2) is 0 Å². The summed E-state index contributed by atoms with van der Waals surface area (Å²) in [4.78, 5) is 2.65. The Morgan fingerprint density at radius 1 is 1.26 bits per heavy atom. The van der Waals surface area contributed by atoms with Crippen LogP contribution in [0, 0.1) is 13.8 Å². The molecule has 0 aliphatic carbocycles. The number of nitrogens with zero attached hydrogens (tertiary/aromatic N) is 1. The molecule has 2 unspecified atom stereocenters. The number of hydrogen-bond donors (Lipinski definition) is 1. The van der Waals surface area contributed by atoms with Gasteiger partial charge in [-0.3, -0.25) is 4.90 Å². The van der Waals surface area contributed by atoms with Crippen molar-refractivity contribution in [3.8, 4) is 0 Å². The Labute approximate surface area is 118 Å². The van der Waals surface area contributed by atoms with Crippen molar-refractivity contribution < 1.29 is 0 Å². The first kappa shape index (κ1) is 14.5. The van der Waals surface area contributed by atoms with Crippen LogP contribution in [0.3, 0.4) is 0 Å². The van der Waals surface area contributed by atoms with Gasteiger partial charge in [0.1, 0.15) is 0 Å². The van der Waals surface area contributed by atoms with E-state index in [9.17, 15) is 0 Å². The lowest BCUT2D eigenvalue weighted by Crippen LogP contribution is -2.44. The molecular weight excluding hydrogens is 232 g/mol. The Hall–Kier alpha value is -0.860. The molecule has 1 aliphatic heterocycles. The number of hydrogen-bond acceptors (Lipinski definition) is 2. The van der Waals surface area contributed by atoms with Gasteiger partial charge in [0.05, 0.1) is 0 Å². The number of aryl methyl sites for hydroxylation is 2. The van der Waals surface area contributed by atoms with Crippen LogP contribution in [0.5, 0.6) is 0 Å². The maximum atomic E-state index is 6.10. The third-order valence-electron chi connectivity index (χ3n) is 4.68. The first-order valence-electron chi connectivity index (χ1n) is 7.70. The average molecular weight is 260 g/mol. The summed E-state index contributed by atoms with van der Waals surface area (Å²) in [5, 5.41) is 0. The fourth-order valence-electron chi connectivity index (χ4n) is 3.31. The van der Waals surface area contributed by atoms with Crippen LogP contribution in [0.25, 0.3) is 0 Å². The summed E-state index contributed by atoms with van der Waals surface area (Å²) in [5.41, 5.74) is 10.2. The normalized spacial score (nSPS) is 22.4. The van der Waals surface area contributed by atoms with Crippen LogP contribution in [-0.4, -0.2) is 24.0 Å². The van der Waals surface area contributed by atoms with E-state index in [0.717, 1.165) is 6.54 Å². The van der Waals surface area contributed by atoms with Gasteiger partial charge in [0.25, 0.3) is 0 Å². The smallest absolute Gasteiger partial charge is 0.0473 e. The SMILES string of the molecule is CCC1CCCCN1C(CN)c1ccc(C)c(C)c1. The zero-order valence-corrected chi connectivity index (χ0v) is 12.7. The highest BCUT2D eigenvalue weighted by Crippen LogP contribution is 2.30. The predicted molar refractivity (Wildman–Crippen MR) is 82.3 cm³/mol. The van der Waals surface area contributed by atoms with Crippen LogP contribution in [0.4, 0.5) is 0 Å². The molecule has 19 heavy (non-hydrogen) atoms. The Balaban J connectivity index is 2.24. The molecule has 0 radical (unpaired) electrons. The van der Waals surface area contributed by atoms with Crippen molar-refractivity contribution in [2.24, 2.45) is 5.73 Å². The average Bonchev–Trinajstić information content (AvgIpc) is 2.44. The summed E-state index contributed by atoms with van der Waals surface area (Å²) < 4.78 is 0. The highest BCUT2D eigenvalue weighted by molar-refractivity contribution is 5.32. The van der Waals surface area contributed by atoms with Crippen LogP contribution in [-0.2, 0) is 0 Å². The highest BCUT2D eigenvalue weighted by atomic mass is 15.2. The monoisotopic (exact) mass is 260 g/mol. The van der Waals surface area contributed by atoms with Crippen LogP contribution in [0.2, 0.25) is 0 Å². The van der Waals surface area contributed by atoms with Crippen molar-refractivity contribution in [1.29, 1.82) is 0 Å². The topological polar surface area (TPSA) is 29.3 Å². The van der Waals surface area contributed by atoms with E-state index >= 15 is 0 Å². The number of benzene rings is 1. The molecule has 0 spiro atoms. The number of likely N-dealkylation sites (tertiary alicyclic amines) is 1. The molecule has 0 aromatic heterocycles. The summed E-state index contributed by atoms with van der Waals surface area (Å²) in [6, 6.07) is 7.93. The van der Waals surface area contributed by atoms with Crippen LogP contribution < -0.4 is 5.73 Å². The number of rotatable bonds is 4. The lowest BCUT2D eigenvalue weighted by molar-refractivity contribution is 0.0949. The second kappa shape index (κ2) is 6.53. The zero-order chi connectivity index (χ0) is 13.8. The van der Waals surface area contributed by atoms with Gasteiger partial charge in [-0.15, -0.1) is 0 Å². The lowest BCUT2D eigenvalue weighted by atomic mass is 9.93. The summed E-state index contributed by atoms with van der Waals surface area (Å²) in [7, 11) is 0. The van der Waals surface area contributed by atoms with E-state index < -0.39 is 0 Å². The zero-order valence-electron chi connectivity index (χ0n) is 12.7. The molecular formula is C17H28N2. The van der Waals surface area contributed by atoms with E-state index in [-0.39, 0.29) is 0 Å². The van der Waals surface area contributed by atoms with E-state index in [0.29, 0.717) is 12.1 Å². The van der Waals surface area contributed by atoms with Crippen molar-refractivity contribution in [2.45, 2.75) is 58.5 Å². The molecule has 1 aromatic carbocycles. The Morgan fingerprint density at radius 2 is 2.05 bits per heavy atom. The van der Waals surface area contributed by atoms with Crippen molar-refractivity contribution in [1.82, 2.24) is 4.90 Å². The second-order valence-corrected chi connectivity index (χ2v) is 5.89. The molecule has 0 amide bonds. The minimum atomic E-state index is 0.393. The fourth-order valence-corrected chi connectivity index (χ4v) is 3.31. The molecule has 106 valence electrons. The molecule has 2 rings (SSSR count). The van der Waals surface area contributed by atoms with Gasteiger partial charge in [0, 0.05) is 18.6 Å². The van der Waals surface area contributed by atoms with Gasteiger partial charge in [-0.05, 0) is 56.3 Å². The fraction of sp³-hybridized carbons (Fsp3) is 0.647. The van der Waals surface area contributed by atoms with Crippen molar-refractivity contribution in [2.75, 3.05) is 13.1 Å². The minimum Gasteiger partial charge on any atom is -0.329 e. The molecule has 0 bridgehead atoms. The highest BCUT2D eigenvalue weighted by Gasteiger charge is 2.27. The van der Waals surface area contributed by atoms with Gasteiger partial charge >= 0.3 is 0 Å². The first-order valence-corrected chi connectivity index (χ1v) is 7.70. The van der Waals surface area contributed by atoms with Crippen LogP contribution >= 0.6 is 0 Å². The Bertz CT molecular complexity index is 414. The molecule has 2 heteroatoms. The third kappa shape index (κ3) is 3.18. The van der Waals surface area contributed by atoms with Crippen molar-refractivity contribution in [3.05, 3.63) is 34.9 Å². The quantitative estimate of drug-likeness (QED) is 0.896. The molecule has 1 aliphatic rings. The molecule has 1 fully saturated rings. The van der Waals surface area contributed by atoms with Crippen molar-refractivity contribution >= 4 is 0 Å². The van der Waals surface area contributed by atoms with Crippen molar-refractivity contribution in [3.63, 3.8) is 0 Å². The summed E-state index contributed by atoms with van der Waals surface area (Å²) in [6.07, 6.45) is 5.26. The van der Waals surface area contributed by atoms with Gasteiger partial charge in [0.2, 0.25) is 0 Å². The number of nitrogens with two attached hydrogens (primary N) is 1. The molecule has 2 atom stereocenters. The first-order chi connectivity index (χ1) is 9.17. The Kier molecular flexibility index (Phi) is 5.00. The summed E-state index contributed by atoms with van der Waals surface area (Å²) >= 11 is 0. The second-order valence-electron chi connectivity index (χ2n) is 5.89. The van der Waals surface area contributed by atoms with Gasteiger partial charge in [-0.1, -0.05) is 31.5 Å². The lowest BCUT2D eigenvalue weighted by Gasteiger charge is -2.41. The molecule has 0 saturated carbocycles. The summed E-state index contributed by atoms with van der Waals surface area (Å²) in [5.74, 6) is 0. The van der Waals surface area contributed by atoms with Gasteiger partial charge < -0.3 is 5.73 Å². The van der Waals surface area contributed by atoms with E-state index in [1.54, 1.807) is 0 Å². The van der Waals surface area contributed by atoms with E-state index in [1.807, 2.05) is 0 Å².